The van der Waals surface area contributed by atoms with Crippen LogP contribution in [0.1, 0.15) is 23.7 Å². The number of halogens is 1. The van der Waals surface area contributed by atoms with Crippen molar-refractivity contribution in [1.29, 1.82) is 0 Å². The van der Waals surface area contributed by atoms with Crippen LogP contribution in [-0.4, -0.2) is 24.1 Å². The van der Waals surface area contributed by atoms with Gasteiger partial charge in [0.1, 0.15) is 0 Å². The predicted octanol–water partition coefficient (Wildman–Crippen LogP) is 2.32. The lowest BCUT2D eigenvalue weighted by molar-refractivity contribution is 0.0953. The van der Waals surface area contributed by atoms with E-state index in [1.165, 1.54) is 0 Å². The normalized spacial score (nSPS) is 14.5. The Labute approximate surface area is 108 Å². The predicted molar refractivity (Wildman–Crippen MR) is 67.9 cm³/mol. The van der Waals surface area contributed by atoms with Gasteiger partial charge in [-0.3, -0.25) is 4.79 Å². The first-order valence-electron chi connectivity index (χ1n) is 5.49. The largest absolute Gasteiger partial charge is 0.454 e. The van der Waals surface area contributed by atoms with Crippen molar-refractivity contribution < 1.29 is 14.3 Å². The molecule has 2 rings (SSSR count). The van der Waals surface area contributed by atoms with Gasteiger partial charge in [-0.1, -0.05) is 22.9 Å². The maximum atomic E-state index is 11.8. The zero-order valence-corrected chi connectivity index (χ0v) is 11.1. The smallest absolute Gasteiger partial charge is 0.251 e. The van der Waals surface area contributed by atoms with Gasteiger partial charge >= 0.3 is 0 Å². The Morgan fingerprint density at radius 1 is 1.47 bits per heavy atom. The van der Waals surface area contributed by atoms with Gasteiger partial charge in [0, 0.05) is 16.9 Å². The molecule has 5 heteroatoms. The fourth-order valence-electron chi connectivity index (χ4n) is 1.52. The van der Waals surface area contributed by atoms with Crippen molar-refractivity contribution in [2.24, 2.45) is 0 Å². The molecule has 1 atom stereocenters. The van der Waals surface area contributed by atoms with E-state index in [1.54, 1.807) is 18.2 Å². The van der Waals surface area contributed by atoms with Crippen LogP contribution in [0.3, 0.4) is 0 Å². The Morgan fingerprint density at radius 3 is 3.00 bits per heavy atom. The average molecular weight is 300 g/mol. The Hall–Kier alpha value is -1.23. The van der Waals surface area contributed by atoms with Crippen molar-refractivity contribution in [2.75, 3.05) is 13.3 Å². The summed E-state index contributed by atoms with van der Waals surface area (Å²) < 4.78 is 10.4. The van der Waals surface area contributed by atoms with Crippen LogP contribution in [0.2, 0.25) is 0 Å². The second-order valence-corrected chi connectivity index (χ2v) is 5.46. The minimum absolute atomic E-state index is 0.0866. The molecule has 0 spiro atoms. The van der Waals surface area contributed by atoms with Gasteiger partial charge < -0.3 is 14.8 Å². The van der Waals surface area contributed by atoms with E-state index in [4.69, 9.17) is 9.47 Å². The highest BCUT2D eigenvalue weighted by Crippen LogP contribution is 2.32. The molecule has 17 heavy (non-hydrogen) atoms. The summed E-state index contributed by atoms with van der Waals surface area (Å²) in [5, 5.41) is 2.86. The fraction of sp³-hybridized carbons (Fsp3) is 0.417. The number of carbonyl (C=O) groups is 1. The average Bonchev–Trinajstić information content (AvgIpc) is 2.75. The van der Waals surface area contributed by atoms with Gasteiger partial charge in [0.15, 0.2) is 11.5 Å². The van der Waals surface area contributed by atoms with Crippen molar-refractivity contribution >= 4 is 21.8 Å². The number of rotatable bonds is 4. The lowest BCUT2D eigenvalue weighted by atomic mass is 10.2. The van der Waals surface area contributed by atoms with Crippen LogP contribution in [-0.2, 0) is 0 Å². The molecule has 0 bridgehead atoms. The summed E-state index contributed by atoms with van der Waals surface area (Å²) in [6.07, 6.45) is 0.899. The van der Waals surface area contributed by atoms with Gasteiger partial charge in [0.05, 0.1) is 0 Å². The number of fused-ring (bicyclic) bond motifs is 1. The summed E-state index contributed by atoms with van der Waals surface area (Å²) in [6.45, 7) is 2.92. The van der Waals surface area contributed by atoms with Crippen LogP contribution < -0.4 is 14.8 Å². The Morgan fingerprint density at radius 2 is 2.24 bits per heavy atom. The summed E-state index contributed by atoms with van der Waals surface area (Å²) in [7, 11) is 0. The summed E-state index contributed by atoms with van der Waals surface area (Å²) >= 11 is 3.43. The van der Waals surface area contributed by atoms with E-state index in [-0.39, 0.29) is 12.7 Å². The van der Waals surface area contributed by atoms with Gasteiger partial charge in [-0.25, -0.2) is 0 Å². The third kappa shape index (κ3) is 3.12. The number of hydrogen-bond donors (Lipinski definition) is 1. The first-order chi connectivity index (χ1) is 8.16. The van der Waals surface area contributed by atoms with E-state index in [2.05, 4.69) is 21.2 Å². The summed E-state index contributed by atoms with van der Waals surface area (Å²) in [4.78, 5) is 12.2. The van der Waals surface area contributed by atoms with Crippen LogP contribution in [0.15, 0.2) is 18.2 Å². The summed E-state index contributed by atoms with van der Waals surface area (Å²) in [5.74, 6) is 1.23. The van der Waals surface area contributed by atoms with E-state index < -0.39 is 0 Å². The second kappa shape index (κ2) is 5.40. The zero-order chi connectivity index (χ0) is 12.3. The first-order valence-corrected chi connectivity index (χ1v) is 6.40. The molecule has 92 valence electrons. The van der Waals surface area contributed by atoms with Crippen molar-refractivity contribution in [3.8, 4) is 11.5 Å². The molecule has 0 radical (unpaired) electrons. The quantitative estimate of drug-likeness (QED) is 0.868. The molecule has 0 aromatic heterocycles. The molecule has 1 aromatic carbocycles. The van der Waals surface area contributed by atoms with Gasteiger partial charge in [0.2, 0.25) is 6.79 Å². The number of carbonyl (C=O) groups excluding carboxylic acids is 1. The highest BCUT2D eigenvalue weighted by molar-refractivity contribution is 9.09. The number of ether oxygens (including phenoxy) is 2. The molecule has 1 aromatic rings. The van der Waals surface area contributed by atoms with E-state index in [0.717, 1.165) is 6.42 Å². The molecule has 4 nitrogen and oxygen atoms in total. The maximum Gasteiger partial charge on any atom is 0.251 e. The summed E-state index contributed by atoms with van der Waals surface area (Å²) in [6, 6.07) is 5.19. The van der Waals surface area contributed by atoms with E-state index in [0.29, 0.717) is 28.4 Å². The lowest BCUT2D eigenvalue weighted by Crippen LogP contribution is -2.25. The lowest BCUT2D eigenvalue weighted by Gasteiger charge is -2.06. The highest BCUT2D eigenvalue weighted by Gasteiger charge is 2.15. The number of hydrogen-bond acceptors (Lipinski definition) is 3. The number of nitrogens with one attached hydrogen (secondary N) is 1. The fourth-order valence-corrected chi connectivity index (χ4v) is 1.75. The molecule has 0 saturated carbocycles. The van der Waals surface area contributed by atoms with Crippen molar-refractivity contribution in [3.05, 3.63) is 23.8 Å². The zero-order valence-electron chi connectivity index (χ0n) is 9.53. The van der Waals surface area contributed by atoms with Crippen molar-refractivity contribution in [2.45, 2.75) is 18.2 Å². The van der Waals surface area contributed by atoms with Crippen LogP contribution in [0.4, 0.5) is 0 Å². The summed E-state index contributed by atoms with van der Waals surface area (Å²) in [5.41, 5.74) is 0.594. The van der Waals surface area contributed by atoms with Gasteiger partial charge in [-0.15, -0.1) is 0 Å². The molecule has 1 unspecified atom stereocenters. The van der Waals surface area contributed by atoms with E-state index in [9.17, 15) is 4.79 Å². The van der Waals surface area contributed by atoms with Gasteiger partial charge in [-0.2, -0.15) is 0 Å². The molecular weight excluding hydrogens is 286 g/mol. The molecule has 1 aliphatic rings. The number of alkyl halides is 1. The van der Waals surface area contributed by atoms with E-state index >= 15 is 0 Å². The molecular formula is C12H14BrNO3. The molecule has 1 aliphatic heterocycles. The molecule has 1 N–H and O–H groups in total. The Kier molecular flexibility index (Phi) is 3.89. The molecule has 0 fully saturated rings. The minimum Gasteiger partial charge on any atom is -0.454 e. The maximum absolute atomic E-state index is 11.8. The van der Waals surface area contributed by atoms with E-state index in [1.807, 2.05) is 6.92 Å². The minimum atomic E-state index is -0.0866. The first kappa shape index (κ1) is 12.2. The number of benzene rings is 1. The third-order valence-corrected chi connectivity index (χ3v) is 2.92. The SMILES string of the molecule is CC(Br)CCNC(=O)c1ccc2c(c1)OCO2. The van der Waals surface area contributed by atoms with Crippen LogP contribution in [0.25, 0.3) is 0 Å². The highest BCUT2D eigenvalue weighted by atomic mass is 79.9. The molecule has 1 heterocycles. The monoisotopic (exact) mass is 299 g/mol. The standard InChI is InChI=1S/C12H14BrNO3/c1-8(13)4-5-14-12(15)9-2-3-10-11(6-9)17-7-16-10/h2-3,6,8H,4-5,7H2,1H3,(H,14,15). The van der Waals surface area contributed by atoms with Crippen molar-refractivity contribution in [3.63, 3.8) is 0 Å². The molecule has 1 amide bonds. The molecule has 0 aliphatic carbocycles. The van der Waals surface area contributed by atoms with Crippen LogP contribution in [0.5, 0.6) is 11.5 Å². The van der Waals surface area contributed by atoms with Crippen LogP contribution >= 0.6 is 15.9 Å². The Balaban J connectivity index is 1.95. The third-order valence-electron chi connectivity index (χ3n) is 2.46. The second-order valence-electron chi connectivity index (χ2n) is 3.89. The van der Waals surface area contributed by atoms with Crippen LogP contribution in [0, 0.1) is 0 Å². The Bertz CT molecular complexity index is 420. The van der Waals surface area contributed by atoms with Gasteiger partial charge in [-0.05, 0) is 24.6 Å². The number of amides is 1. The van der Waals surface area contributed by atoms with Gasteiger partial charge in [0.25, 0.3) is 5.91 Å². The topological polar surface area (TPSA) is 47.6 Å². The molecule has 0 saturated heterocycles. The van der Waals surface area contributed by atoms with Crippen molar-refractivity contribution in [1.82, 2.24) is 5.32 Å².